The molecular formula is C12H14N6. The summed E-state index contributed by atoms with van der Waals surface area (Å²) in [7, 11) is 0. The SMILES string of the molecule is Cc1cnc(NCCn2ccnc2)nc1CC#N. The van der Waals surface area contributed by atoms with Crippen molar-refractivity contribution in [3.05, 3.63) is 36.2 Å². The molecule has 2 rings (SSSR count). The van der Waals surface area contributed by atoms with Crippen LogP contribution in [0, 0.1) is 18.3 Å². The molecule has 92 valence electrons. The average molecular weight is 242 g/mol. The van der Waals surface area contributed by atoms with Gasteiger partial charge in [-0.25, -0.2) is 15.0 Å². The van der Waals surface area contributed by atoms with E-state index in [2.05, 4.69) is 26.3 Å². The molecule has 0 aromatic carbocycles. The molecule has 1 N–H and O–H groups in total. The Kier molecular flexibility index (Phi) is 3.86. The fraction of sp³-hybridized carbons (Fsp3) is 0.333. The van der Waals surface area contributed by atoms with Gasteiger partial charge >= 0.3 is 0 Å². The number of hydrogen-bond donors (Lipinski definition) is 1. The molecule has 0 fully saturated rings. The number of imidazole rings is 1. The van der Waals surface area contributed by atoms with Crippen molar-refractivity contribution in [3.8, 4) is 6.07 Å². The molecule has 0 bridgehead atoms. The monoisotopic (exact) mass is 242 g/mol. The Morgan fingerprint density at radius 2 is 2.39 bits per heavy atom. The van der Waals surface area contributed by atoms with Crippen LogP contribution in [-0.2, 0) is 13.0 Å². The van der Waals surface area contributed by atoms with Crippen LogP contribution < -0.4 is 5.32 Å². The molecule has 0 atom stereocenters. The minimum absolute atomic E-state index is 0.310. The Morgan fingerprint density at radius 3 is 3.11 bits per heavy atom. The van der Waals surface area contributed by atoms with Gasteiger partial charge in [-0.05, 0) is 12.5 Å². The Morgan fingerprint density at radius 1 is 1.50 bits per heavy atom. The molecule has 0 aliphatic carbocycles. The summed E-state index contributed by atoms with van der Waals surface area (Å²) in [6.45, 7) is 3.41. The van der Waals surface area contributed by atoms with Crippen molar-refractivity contribution in [1.82, 2.24) is 19.5 Å². The molecule has 0 aliphatic rings. The van der Waals surface area contributed by atoms with Crippen molar-refractivity contribution in [1.29, 1.82) is 5.26 Å². The van der Waals surface area contributed by atoms with E-state index >= 15 is 0 Å². The number of hydrogen-bond acceptors (Lipinski definition) is 5. The lowest BCUT2D eigenvalue weighted by molar-refractivity contribution is 0.722. The summed E-state index contributed by atoms with van der Waals surface area (Å²) >= 11 is 0. The predicted molar refractivity (Wildman–Crippen MR) is 66.8 cm³/mol. The third-order valence-corrected chi connectivity index (χ3v) is 2.54. The van der Waals surface area contributed by atoms with Gasteiger partial charge in [0.25, 0.3) is 0 Å². The van der Waals surface area contributed by atoms with Gasteiger partial charge in [0.05, 0.1) is 24.5 Å². The third-order valence-electron chi connectivity index (χ3n) is 2.54. The third kappa shape index (κ3) is 3.04. The minimum atomic E-state index is 0.310. The molecule has 0 saturated carbocycles. The van der Waals surface area contributed by atoms with E-state index in [4.69, 9.17) is 5.26 Å². The van der Waals surface area contributed by atoms with Crippen LogP contribution in [-0.4, -0.2) is 26.1 Å². The van der Waals surface area contributed by atoms with Gasteiger partial charge in [0.15, 0.2) is 0 Å². The summed E-state index contributed by atoms with van der Waals surface area (Å²) in [6.07, 6.45) is 7.45. The quantitative estimate of drug-likeness (QED) is 0.851. The lowest BCUT2D eigenvalue weighted by Crippen LogP contribution is -2.12. The Balaban J connectivity index is 1.93. The van der Waals surface area contributed by atoms with Crippen LogP contribution in [0.4, 0.5) is 5.95 Å². The smallest absolute Gasteiger partial charge is 0.222 e. The highest BCUT2D eigenvalue weighted by Crippen LogP contribution is 2.07. The van der Waals surface area contributed by atoms with Gasteiger partial charge in [0, 0.05) is 31.7 Å². The van der Waals surface area contributed by atoms with Crippen molar-refractivity contribution in [2.24, 2.45) is 0 Å². The summed E-state index contributed by atoms with van der Waals surface area (Å²) < 4.78 is 1.97. The summed E-state index contributed by atoms with van der Waals surface area (Å²) in [4.78, 5) is 12.5. The van der Waals surface area contributed by atoms with E-state index in [1.54, 1.807) is 18.7 Å². The van der Waals surface area contributed by atoms with Crippen LogP contribution in [0.5, 0.6) is 0 Å². The molecule has 2 heterocycles. The highest BCUT2D eigenvalue weighted by Gasteiger charge is 2.02. The van der Waals surface area contributed by atoms with E-state index in [0.717, 1.165) is 17.8 Å². The summed E-state index contributed by atoms with van der Waals surface area (Å²) in [5, 5.41) is 11.8. The summed E-state index contributed by atoms with van der Waals surface area (Å²) in [5.74, 6) is 0.561. The van der Waals surface area contributed by atoms with E-state index in [-0.39, 0.29) is 0 Å². The minimum Gasteiger partial charge on any atom is -0.352 e. The number of nitriles is 1. The molecule has 0 unspecified atom stereocenters. The Bertz CT molecular complexity index is 540. The molecule has 6 heteroatoms. The second-order valence-electron chi connectivity index (χ2n) is 3.89. The number of nitrogens with zero attached hydrogens (tertiary/aromatic N) is 5. The molecule has 18 heavy (non-hydrogen) atoms. The first-order valence-corrected chi connectivity index (χ1v) is 5.68. The van der Waals surface area contributed by atoms with Crippen LogP contribution >= 0.6 is 0 Å². The lowest BCUT2D eigenvalue weighted by atomic mass is 10.2. The van der Waals surface area contributed by atoms with Crippen LogP contribution in [0.3, 0.4) is 0 Å². The van der Waals surface area contributed by atoms with Crippen molar-refractivity contribution >= 4 is 5.95 Å². The number of aromatic nitrogens is 4. The van der Waals surface area contributed by atoms with E-state index in [1.165, 1.54) is 0 Å². The molecule has 0 saturated heterocycles. The molecule has 0 spiro atoms. The van der Waals surface area contributed by atoms with E-state index in [1.807, 2.05) is 17.7 Å². The summed E-state index contributed by atoms with van der Waals surface area (Å²) in [6, 6.07) is 2.10. The topological polar surface area (TPSA) is 79.4 Å². The second-order valence-corrected chi connectivity index (χ2v) is 3.89. The van der Waals surface area contributed by atoms with Gasteiger partial charge in [-0.15, -0.1) is 0 Å². The summed E-state index contributed by atoms with van der Waals surface area (Å²) in [5.41, 5.74) is 1.72. The number of anilines is 1. The first-order chi connectivity index (χ1) is 8.79. The first-order valence-electron chi connectivity index (χ1n) is 5.68. The number of rotatable bonds is 5. The predicted octanol–water partition coefficient (Wildman–Crippen LogP) is 1.16. The maximum atomic E-state index is 8.70. The fourth-order valence-electron chi connectivity index (χ4n) is 1.53. The van der Waals surface area contributed by atoms with Gasteiger partial charge in [-0.1, -0.05) is 0 Å². The van der Waals surface area contributed by atoms with Gasteiger partial charge < -0.3 is 9.88 Å². The zero-order valence-corrected chi connectivity index (χ0v) is 10.2. The van der Waals surface area contributed by atoms with Gasteiger partial charge in [-0.2, -0.15) is 5.26 Å². The molecule has 0 amide bonds. The zero-order valence-electron chi connectivity index (χ0n) is 10.2. The molecular weight excluding hydrogens is 228 g/mol. The van der Waals surface area contributed by atoms with Crippen LogP contribution in [0.15, 0.2) is 24.9 Å². The van der Waals surface area contributed by atoms with Crippen molar-refractivity contribution < 1.29 is 0 Å². The van der Waals surface area contributed by atoms with Crippen molar-refractivity contribution in [2.75, 3.05) is 11.9 Å². The Labute approximate surface area is 105 Å². The maximum absolute atomic E-state index is 8.70. The average Bonchev–Trinajstić information content (AvgIpc) is 2.87. The highest BCUT2D eigenvalue weighted by atomic mass is 15.1. The first kappa shape index (κ1) is 12.0. The lowest BCUT2D eigenvalue weighted by Gasteiger charge is -2.07. The van der Waals surface area contributed by atoms with E-state index in [9.17, 15) is 0 Å². The maximum Gasteiger partial charge on any atom is 0.222 e. The molecule has 0 aliphatic heterocycles. The number of aryl methyl sites for hydroxylation is 1. The highest BCUT2D eigenvalue weighted by molar-refractivity contribution is 5.30. The van der Waals surface area contributed by atoms with Crippen molar-refractivity contribution in [2.45, 2.75) is 19.9 Å². The van der Waals surface area contributed by atoms with Crippen molar-refractivity contribution in [3.63, 3.8) is 0 Å². The van der Waals surface area contributed by atoms with Gasteiger partial charge in [0.2, 0.25) is 5.95 Å². The molecule has 2 aromatic rings. The zero-order chi connectivity index (χ0) is 12.8. The molecule has 0 radical (unpaired) electrons. The normalized spacial score (nSPS) is 10.0. The van der Waals surface area contributed by atoms with Crippen LogP contribution in [0.1, 0.15) is 11.3 Å². The van der Waals surface area contributed by atoms with E-state index < -0.39 is 0 Å². The molecule has 6 nitrogen and oxygen atoms in total. The van der Waals surface area contributed by atoms with Gasteiger partial charge in [0.1, 0.15) is 0 Å². The largest absolute Gasteiger partial charge is 0.352 e. The fourth-order valence-corrected chi connectivity index (χ4v) is 1.53. The Hall–Kier alpha value is -2.42. The second kappa shape index (κ2) is 5.77. The standard InChI is InChI=1S/C12H14N6/c1-10-8-16-12(17-11(10)2-3-13)15-5-7-18-6-4-14-9-18/h4,6,8-9H,2,5,7H2,1H3,(H,15,16,17). The number of nitrogens with one attached hydrogen (secondary N) is 1. The molecule has 2 aromatic heterocycles. The van der Waals surface area contributed by atoms with E-state index in [0.29, 0.717) is 18.9 Å². The van der Waals surface area contributed by atoms with Crippen LogP contribution in [0.25, 0.3) is 0 Å². The van der Waals surface area contributed by atoms with Gasteiger partial charge in [-0.3, -0.25) is 0 Å². The van der Waals surface area contributed by atoms with Crippen LogP contribution in [0.2, 0.25) is 0 Å².